The third-order valence-corrected chi connectivity index (χ3v) is 4.08. The average Bonchev–Trinajstić information content (AvgIpc) is 2.66. The van der Waals surface area contributed by atoms with Crippen LogP contribution in [-0.4, -0.2) is 19.6 Å². The molecule has 25 heavy (non-hydrogen) atoms. The molecule has 0 bridgehead atoms. The van der Waals surface area contributed by atoms with Gasteiger partial charge in [0.05, 0.1) is 13.2 Å². The highest BCUT2D eigenvalue weighted by Crippen LogP contribution is 2.20. The van der Waals surface area contributed by atoms with E-state index in [-0.39, 0.29) is 18.6 Å². The normalized spacial score (nSPS) is 11.8. The van der Waals surface area contributed by atoms with Crippen molar-refractivity contribution < 1.29 is 14.3 Å². The summed E-state index contributed by atoms with van der Waals surface area (Å²) in [6.07, 6.45) is 0. The van der Waals surface area contributed by atoms with Crippen LogP contribution in [-0.2, 0) is 4.79 Å². The number of carbonyl (C=O) groups excluding carboxylic acids is 1. The summed E-state index contributed by atoms with van der Waals surface area (Å²) in [4.78, 5) is 12.1. The molecule has 0 saturated carbocycles. The Balaban J connectivity index is 1.57. The van der Waals surface area contributed by atoms with Crippen molar-refractivity contribution in [1.29, 1.82) is 0 Å². The maximum Gasteiger partial charge on any atom is 0.258 e. The third-order valence-electron chi connectivity index (χ3n) is 4.08. The topological polar surface area (TPSA) is 47.6 Å². The van der Waals surface area contributed by atoms with Crippen LogP contribution in [0, 0.1) is 0 Å². The molecule has 1 atom stereocenters. The van der Waals surface area contributed by atoms with Gasteiger partial charge in [-0.1, -0.05) is 36.4 Å². The van der Waals surface area contributed by atoms with Gasteiger partial charge >= 0.3 is 0 Å². The van der Waals surface area contributed by atoms with Crippen molar-refractivity contribution in [3.8, 4) is 11.5 Å². The van der Waals surface area contributed by atoms with E-state index in [9.17, 15) is 4.79 Å². The van der Waals surface area contributed by atoms with E-state index < -0.39 is 0 Å². The van der Waals surface area contributed by atoms with Crippen LogP contribution in [0.2, 0.25) is 0 Å². The largest absolute Gasteiger partial charge is 0.497 e. The van der Waals surface area contributed by atoms with E-state index in [1.165, 1.54) is 5.39 Å². The molecule has 3 aromatic rings. The number of ether oxygens (including phenoxy) is 2. The highest BCUT2D eigenvalue weighted by atomic mass is 16.5. The standard InChI is InChI=1S/C21H21NO3/c1-15(17-8-7-16-5-3-4-6-18(16)13-17)22-21(23)14-25-20-11-9-19(24-2)10-12-20/h3-13,15H,14H2,1-2H3,(H,22,23). The Morgan fingerprint density at radius 3 is 2.36 bits per heavy atom. The summed E-state index contributed by atoms with van der Waals surface area (Å²) in [5.74, 6) is 1.23. The quantitative estimate of drug-likeness (QED) is 0.737. The molecule has 1 N–H and O–H groups in total. The molecule has 128 valence electrons. The molecule has 0 aromatic heterocycles. The van der Waals surface area contributed by atoms with Gasteiger partial charge in [-0.05, 0) is 53.6 Å². The lowest BCUT2D eigenvalue weighted by atomic mass is 10.0. The SMILES string of the molecule is COc1ccc(OCC(=O)NC(C)c2ccc3ccccc3c2)cc1. The first-order valence-electron chi connectivity index (χ1n) is 8.20. The monoisotopic (exact) mass is 335 g/mol. The number of carbonyl (C=O) groups is 1. The molecule has 3 aromatic carbocycles. The highest BCUT2D eigenvalue weighted by Gasteiger charge is 2.10. The first kappa shape index (κ1) is 16.8. The van der Waals surface area contributed by atoms with Crippen molar-refractivity contribution in [2.45, 2.75) is 13.0 Å². The number of benzene rings is 3. The van der Waals surface area contributed by atoms with Gasteiger partial charge in [0.15, 0.2) is 6.61 Å². The molecule has 0 fully saturated rings. The Labute approximate surface area is 147 Å². The summed E-state index contributed by atoms with van der Waals surface area (Å²) in [5.41, 5.74) is 1.07. The first-order valence-corrected chi connectivity index (χ1v) is 8.20. The average molecular weight is 335 g/mol. The predicted octanol–water partition coefficient (Wildman–Crippen LogP) is 4.10. The van der Waals surface area contributed by atoms with Gasteiger partial charge in [-0.15, -0.1) is 0 Å². The molecular weight excluding hydrogens is 314 g/mol. The number of fused-ring (bicyclic) bond motifs is 1. The maximum atomic E-state index is 12.1. The minimum Gasteiger partial charge on any atom is -0.497 e. The Bertz CT molecular complexity index is 858. The van der Waals surface area contributed by atoms with Crippen molar-refractivity contribution >= 4 is 16.7 Å². The van der Waals surface area contributed by atoms with Crippen LogP contribution in [0.25, 0.3) is 10.8 Å². The van der Waals surface area contributed by atoms with Gasteiger partial charge in [0.25, 0.3) is 5.91 Å². The van der Waals surface area contributed by atoms with E-state index in [4.69, 9.17) is 9.47 Å². The molecule has 0 saturated heterocycles. The zero-order chi connectivity index (χ0) is 17.6. The lowest BCUT2D eigenvalue weighted by Gasteiger charge is -2.15. The Kier molecular flexibility index (Phi) is 5.19. The van der Waals surface area contributed by atoms with E-state index in [1.807, 2.05) is 25.1 Å². The van der Waals surface area contributed by atoms with Crippen LogP contribution >= 0.6 is 0 Å². The summed E-state index contributed by atoms with van der Waals surface area (Å²) in [5, 5.41) is 5.32. The lowest BCUT2D eigenvalue weighted by molar-refractivity contribution is -0.123. The number of amides is 1. The third kappa shape index (κ3) is 4.29. The van der Waals surface area contributed by atoms with Crippen molar-refractivity contribution in [2.24, 2.45) is 0 Å². The molecule has 0 heterocycles. The number of methoxy groups -OCH3 is 1. The Morgan fingerprint density at radius 1 is 0.960 bits per heavy atom. The Hall–Kier alpha value is -3.01. The molecule has 1 unspecified atom stereocenters. The first-order chi connectivity index (χ1) is 12.2. The van der Waals surface area contributed by atoms with Gasteiger partial charge in [-0.3, -0.25) is 4.79 Å². The van der Waals surface area contributed by atoms with Crippen LogP contribution in [0.1, 0.15) is 18.5 Å². The van der Waals surface area contributed by atoms with Gasteiger partial charge in [0.2, 0.25) is 0 Å². The van der Waals surface area contributed by atoms with E-state index in [2.05, 4.69) is 29.6 Å². The van der Waals surface area contributed by atoms with Crippen molar-refractivity contribution in [3.05, 3.63) is 72.3 Å². The van der Waals surface area contributed by atoms with Crippen LogP contribution in [0.4, 0.5) is 0 Å². The maximum absolute atomic E-state index is 12.1. The van der Waals surface area contributed by atoms with Crippen LogP contribution in [0.3, 0.4) is 0 Å². The van der Waals surface area contributed by atoms with E-state index >= 15 is 0 Å². The number of hydrogen-bond donors (Lipinski definition) is 1. The van der Waals surface area contributed by atoms with E-state index in [0.717, 1.165) is 16.7 Å². The van der Waals surface area contributed by atoms with Gasteiger partial charge < -0.3 is 14.8 Å². The van der Waals surface area contributed by atoms with Gasteiger partial charge in [0, 0.05) is 0 Å². The fraction of sp³-hybridized carbons (Fsp3) is 0.190. The molecule has 4 nitrogen and oxygen atoms in total. The van der Waals surface area contributed by atoms with Crippen molar-refractivity contribution in [2.75, 3.05) is 13.7 Å². The van der Waals surface area contributed by atoms with Gasteiger partial charge in [0.1, 0.15) is 11.5 Å². The number of rotatable bonds is 6. The minimum atomic E-state index is -0.156. The highest BCUT2D eigenvalue weighted by molar-refractivity contribution is 5.83. The second kappa shape index (κ2) is 7.71. The van der Waals surface area contributed by atoms with Crippen molar-refractivity contribution in [3.63, 3.8) is 0 Å². The molecule has 0 aliphatic heterocycles. The van der Waals surface area contributed by atoms with E-state index in [0.29, 0.717) is 5.75 Å². The Morgan fingerprint density at radius 2 is 1.64 bits per heavy atom. The molecule has 0 spiro atoms. The summed E-state index contributed by atoms with van der Waals surface area (Å²) >= 11 is 0. The smallest absolute Gasteiger partial charge is 0.258 e. The molecule has 0 aliphatic rings. The lowest BCUT2D eigenvalue weighted by Crippen LogP contribution is -2.31. The van der Waals surface area contributed by atoms with Gasteiger partial charge in [-0.25, -0.2) is 0 Å². The molecule has 4 heteroatoms. The molecular formula is C21H21NO3. The van der Waals surface area contributed by atoms with Crippen molar-refractivity contribution in [1.82, 2.24) is 5.32 Å². The van der Waals surface area contributed by atoms with Crippen LogP contribution in [0.5, 0.6) is 11.5 Å². The molecule has 0 radical (unpaired) electrons. The fourth-order valence-corrected chi connectivity index (χ4v) is 2.66. The summed E-state index contributed by atoms with van der Waals surface area (Å²) < 4.78 is 10.6. The molecule has 3 rings (SSSR count). The predicted molar refractivity (Wildman–Crippen MR) is 99.0 cm³/mol. The van der Waals surface area contributed by atoms with Crippen LogP contribution < -0.4 is 14.8 Å². The number of hydrogen-bond acceptors (Lipinski definition) is 3. The van der Waals surface area contributed by atoms with Crippen LogP contribution in [0.15, 0.2) is 66.7 Å². The summed E-state index contributed by atoms with van der Waals surface area (Å²) in [7, 11) is 1.61. The fourth-order valence-electron chi connectivity index (χ4n) is 2.66. The summed E-state index contributed by atoms with van der Waals surface area (Å²) in [6.45, 7) is 1.94. The second-order valence-electron chi connectivity index (χ2n) is 5.86. The number of nitrogens with one attached hydrogen (secondary N) is 1. The van der Waals surface area contributed by atoms with E-state index in [1.54, 1.807) is 31.4 Å². The summed E-state index contributed by atoms with van der Waals surface area (Å²) in [6, 6.07) is 21.4. The second-order valence-corrected chi connectivity index (χ2v) is 5.86. The van der Waals surface area contributed by atoms with Gasteiger partial charge in [-0.2, -0.15) is 0 Å². The molecule has 0 aliphatic carbocycles. The molecule has 1 amide bonds. The zero-order valence-corrected chi connectivity index (χ0v) is 14.4. The minimum absolute atomic E-state index is 0.0236. The zero-order valence-electron chi connectivity index (χ0n) is 14.4.